The van der Waals surface area contributed by atoms with Crippen LogP contribution in [0.15, 0.2) is 24.3 Å². The molecule has 0 saturated heterocycles. The minimum Gasteiger partial charge on any atom is -0.388 e. The third kappa shape index (κ3) is 4.20. The fourth-order valence-corrected chi connectivity index (χ4v) is 1.78. The molecule has 2 atom stereocenters. The van der Waals surface area contributed by atoms with Crippen molar-refractivity contribution in [1.82, 2.24) is 0 Å². The predicted octanol–water partition coefficient (Wildman–Crippen LogP) is 3.05. The van der Waals surface area contributed by atoms with E-state index in [0.29, 0.717) is 24.0 Å². The van der Waals surface area contributed by atoms with Crippen LogP contribution in [0.3, 0.4) is 0 Å². The van der Waals surface area contributed by atoms with Gasteiger partial charge in [-0.2, -0.15) is 0 Å². The molecule has 0 aliphatic heterocycles. The van der Waals surface area contributed by atoms with Gasteiger partial charge in [-0.25, -0.2) is 0 Å². The van der Waals surface area contributed by atoms with Crippen LogP contribution >= 0.6 is 11.6 Å². The van der Waals surface area contributed by atoms with Gasteiger partial charge in [0.1, 0.15) is 0 Å². The number of hydrogen-bond acceptors (Lipinski definition) is 2. The number of ether oxygens (including phenoxy) is 1. The van der Waals surface area contributed by atoms with Gasteiger partial charge >= 0.3 is 0 Å². The average molecular weight is 229 g/mol. The minimum atomic E-state index is -0.464. The summed E-state index contributed by atoms with van der Waals surface area (Å²) in [4.78, 5) is 0. The van der Waals surface area contributed by atoms with Crippen molar-refractivity contribution in [3.63, 3.8) is 0 Å². The van der Waals surface area contributed by atoms with Crippen LogP contribution in [-0.2, 0) is 4.74 Å². The van der Waals surface area contributed by atoms with Gasteiger partial charge in [0.2, 0.25) is 0 Å². The molecule has 1 aromatic carbocycles. The SMILES string of the molecule is COCC(C)CC(O)c1cccc(Cl)c1. The van der Waals surface area contributed by atoms with Gasteiger partial charge in [0.05, 0.1) is 6.10 Å². The third-order valence-corrected chi connectivity index (χ3v) is 2.55. The zero-order valence-corrected chi connectivity index (χ0v) is 9.87. The van der Waals surface area contributed by atoms with Crippen LogP contribution in [0.4, 0.5) is 0 Å². The zero-order valence-electron chi connectivity index (χ0n) is 9.11. The normalized spacial score (nSPS) is 14.9. The molecular formula is C12H17ClO2. The number of aliphatic hydroxyl groups is 1. The summed E-state index contributed by atoms with van der Waals surface area (Å²) in [6, 6.07) is 7.33. The predicted molar refractivity (Wildman–Crippen MR) is 62.1 cm³/mol. The Labute approximate surface area is 95.8 Å². The van der Waals surface area contributed by atoms with Crippen molar-refractivity contribution in [2.75, 3.05) is 13.7 Å². The van der Waals surface area contributed by atoms with Gasteiger partial charge in [0.25, 0.3) is 0 Å². The van der Waals surface area contributed by atoms with E-state index in [4.69, 9.17) is 16.3 Å². The number of benzene rings is 1. The Morgan fingerprint density at radius 2 is 2.20 bits per heavy atom. The van der Waals surface area contributed by atoms with Crippen LogP contribution in [0.1, 0.15) is 25.0 Å². The van der Waals surface area contributed by atoms with E-state index in [1.54, 1.807) is 19.2 Å². The van der Waals surface area contributed by atoms with Crippen molar-refractivity contribution in [2.45, 2.75) is 19.4 Å². The Kier molecular flexibility index (Phi) is 5.09. The number of hydrogen-bond donors (Lipinski definition) is 1. The molecular weight excluding hydrogens is 212 g/mol. The lowest BCUT2D eigenvalue weighted by molar-refractivity contribution is 0.102. The first-order valence-corrected chi connectivity index (χ1v) is 5.43. The summed E-state index contributed by atoms with van der Waals surface area (Å²) in [6.07, 6.45) is 0.225. The van der Waals surface area contributed by atoms with Crippen molar-refractivity contribution in [3.8, 4) is 0 Å². The fourth-order valence-electron chi connectivity index (χ4n) is 1.58. The van der Waals surface area contributed by atoms with Crippen LogP contribution in [0.2, 0.25) is 5.02 Å². The molecule has 0 radical (unpaired) electrons. The summed E-state index contributed by atoms with van der Waals surface area (Å²) >= 11 is 5.85. The Bertz CT molecular complexity index is 301. The van der Waals surface area contributed by atoms with E-state index in [-0.39, 0.29) is 0 Å². The van der Waals surface area contributed by atoms with E-state index in [1.165, 1.54) is 0 Å². The van der Waals surface area contributed by atoms with Crippen molar-refractivity contribution in [1.29, 1.82) is 0 Å². The molecule has 0 aliphatic carbocycles. The summed E-state index contributed by atoms with van der Waals surface area (Å²) in [7, 11) is 1.67. The van der Waals surface area contributed by atoms with E-state index in [0.717, 1.165) is 5.56 Å². The summed E-state index contributed by atoms with van der Waals surface area (Å²) in [5.74, 6) is 0.337. The smallest absolute Gasteiger partial charge is 0.0794 e. The third-order valence-electron chi connectivity index (χ3n) is 2.31. The fraction of sp³-hybridized carbons (Fsp3) is 0.500. The van der Waals surface area contributed by atoms with Gasteiger partial charge in [0.15, 0.2) is 0 Å². The maximum Gasteiger partial charge on any atom is 0.0794 e. The maximum atomic E-state index is 9.93. The molecule has 0 saturated carbocycles. The molecule has 0 fully saturated rings. The quantitative estimate of drug-likeness (QED) is 0.840. The summed E-state index contributed by atoms with van der Waals surface area (Å²) in [5, 5.41) is 10.6. The van der Waals surface area contributed by atoms with Crippen LogP contribution in [-0.4, -0.2) is 18.8 Å². The van der Waals surface area contributed by atoms with Crippen LogP contribution in [0.5, 0.6) is 0 Å². The lowest BCUT2D eigenvalue weighted by Crippen LogP contribution is -2.09. The first kappa shape index (κ1) is 12.5. The van der Waals surface area contributed by atoms with Gasteiger partial charge in [-0.15, -0.1) is 0 Å². The molecule has 84 valence electrons. The Balaban J connectivity index is 2.56. The van der Waals surface area contributed by atoms with E-state index >= 15 is 0 Å². The minimum absolute atomic E-state index is 0.337. The van der Waals surface area contributed by atoms with Gasteiger partial charge < -0.3 is 9.84 Å². The standard InChI is InChI=1S/C12H17ClO2/c1-9(8-15-2)6-12(14)10-4-3-5-11(13)7-10/h3-5,7,9,12,14H,6,8H2,1-2H3. The van der Waals surface area contributed by atoms with Crippen molar-refractivity contribution in [3.05, 3.63) is 34.9 Å². The van der Waals surface area contributed by atoms with Gasteiger partial charge in [0, 0.05) is 18.7 Å². The first-order chi connectivity index (χ1) is 7.13. The Morgan fingerprint density at radius 3 is 2.80 bits per heavy atom. The lowest BCUT2D eigenvalue weighted by Gasteiger charge is -2.16. The van der Waals surface area contributed by atoms with E-state index in [9.17, 15) is 5.11 Å². The zero-order chi connectivity index (χ0) is 11.3. The van der Waals surface area contributed by atoms with Crippen molar-refractivity contribution < 1.29 is 9.84 Å². The molecule has 0 amide bonds. The molecule has 15 heavy (non-hydrogen) atoms. The first-order valence-electron chi connectivity index (χ1n) is 5.06. The van der Waals surface area contributed by atoms with E-state index < -0.39 is 6.10 Å². The van der Waals surface area contributed by atoms with Crippen LogP contribution in [0.25, 0.3) is 0 Å². The molecule has 0 aliphatic rings. The van der Waals surface area contributed by atoms with E-state index in [2.05, 4.69) is 6.92 Å². The Morgan fingerprint density at radius 1 is 1.47 bits per heavy atom. The second-order valence-corrected chi connectivity index (χ2v) is 4.30. The number of aliphatic hydroxyl groups excluding tert-OH is 1. The topological polar surface area (TPSA) is 29.5 Å². The largest absolute Gasteiger partial charge is 0.388 e. The van der Waals surface area contributed by atoms with Gasteiger partial charge in [-0.3, -0.25) is 0 Å². The highest BCUT2D eigenvalue weighted by atomic mass is 35.5. The number of methoxy groups -OCH3 is 1. The molecule has 3 heteroatoms. The second-order valence-electron chi connectivity index (χ2n) is 3.87. The summed E-state index contributed by atoms with van der Waals surface area (Å²) < 4.78 is 5.03. The summed E-state index contributed by atoms with van der Waals surface area (Å²) in [6.45, 7) is 2.72. The van der Waals surface area contributed by atoms with Crippen LogP contribution < -0.4 is 0 Å². The van der Waals surface area contributed by atoms with Gasteiger partial charge in [-0.1, -0.05) is 30.7 Å². The van der Waals surface area contributed by atoms with Crippen molar-refractivity contribution in [2.24, 2.45) is 5.92 Å². The molecule has 1 aromatic rings. The molecule has 0 bridgehead atoms. The van der Waals surface area contributed by atoms with E-state index in [1.807, 2.05) is 12.1 Å². The highest BCUT2D eigenvalue weighted by Crippen LogP contribution is 2.23. The number of rotatable bonds is 5. The molecule has 1 rings (SSSR count). The molecule has 0 spiro atoms. The lowest BCUT2D eigenvalue weighted by atomic mass is 9.99. The van der Waals surface area contributed by atoms with Gasteiger partial charge in [-0.05, 0) is 30.0 Å². The molecule has 0 aromatic heterocycles. The Hall–Kier alpha value is -0.570. The molecule has 2 nitrogen and oxygen atoms in total. The highest BCUT2D eigenvalue weighted by molar-refractivity contribution is 6.30. The number of halogens is 1. The average Bonchev–Trinajstić information content (AvgIpc) is 2.18. The highest BCUT2D eigenvalue weighted by Gasteiger charge is 2.12. The van der Waals surface area contributed by atoms with Crippen molar-refractivity contribution >= 4 is 11.6 Å². The monoisotopic (exact) mass is 228 g/mol. The maximum absolute atomic E-state index is 9.93. The molecule has 0 heterocycles. The summed E-state index contributed by atoms with van der Waals surface area (Å²) in [5.41, 5.74) is 0.866. The molecule has 2 unspecified atom stereocenters. The second kappa shape index (κ2) is 6.11. The molecule has 1 N–H and O–H groups in total. The van der Waals surface area contributed by atoms with Crippen LogP contribution in [0, 0.1) is 5.92 Å².